The molecule has 0 bridgehead atoms. The van der Waals surface area contributed by atoms with Gasteiger partial charge >= 0.3 is 12.1 Å². The van der Waals surface area contributed by atoms with Gasteiger partial charge in [0.15, 0.2) is 0 Å². The maximum atomic E-state index is 14.5. The molecule has 1 fully saturated rings. The Bertz CT molecular complexity index is 1550. The van der Waals surface area contributed by atoms with Gasteiger partial charge in [0.05, 0.1) is 11.1 Å². The van der Waals surface area contributed by atoms with Gasteiger partial charge in [0.25, 0.3) is 5.91 Å². The number of nitrogens with zero attached hydrogens (tertiary/aromatic N) is 2. The van der Waals surface area contributed by atoms with Gasteiger partial charge in [-0.2, -0.15) is 0 Å². The number of esters is 1. The lowest BCUT2D eigenvalue weighted by Gasteiger charge is -2.28. The van der Waals surface area contributed by atoms with Crippen molar-refractivity contribution in [2.75, 3.05) is 26.2 Å². The molecule has 2 aromatic heterocycles. The van der Waals surface area contributed by atoms with Crippen LogP contribution in [0.2, 0.25) is 0 Å². The molecule has 8 nitrogen and oxygen atoms in total. The fraction of sp³-hybridized carbons (Fsp3) is 0.207. The van der Waals surface area contributed by atoms with E-state index >= 15 is 0 Å². The number of halogens is 2. The number of ether oxygens (including phenoxy) is 1. The summed E-state index contributed by atoms with van der Waals surface area (Å²) in [5.74, 6) is -1.36. The lowest BCUT2D eigenvalue weighted by atomic mass is 9.93. The lowest BCUT2D eigenvalue weighted by molar-refractivity contribution is 0.0637. The van der Waals surface area contributed by atoms with Crippen LogP contribution in [0.3, 0.4) is 0 Å². The van der Waals surface area contributed by atoms with Gasteiger partial charge in [-0.15, -0.1) is 12.4 Å². The van der Waals surface area contributed by atoms with Crippen LogP contribution in [-0.4, -0.2) is 53.4 Å². The Kier molecular flexibility index (Phi) is 8.32. The van der Waals surface area contributed by atoms with E-state index in [1.807, 2.05) is 36.4 Å². The monoisotopic (exact) mass is 550 g/mol. The average molecular weight is 551 g/mol. The number of carbonyl (C=O) groups excluding carboxylic acids is 3. The first-order valence-corrected chi connectivity index (χ1v) is 12.3. The van der Waals surface area contributed by atoms with Crippen molar-refractivity contribution in [1.82, 2.24) is 14.6 Å². The molecule has 0 aliphatic carbocycles. The Morgan fingerprint density at radius 2 is 1.74 bits per heavy atom. The van der Waals surface area contributed by atoms with Crippen LogP contribution in [-0.2, 0) is 11.2 Å². The first-order valence-electron chi connectivity index (χ1n) is 12.3. The van der Waals surface area contributed by atoms with Crippen molar-refractivity contribution >= 4 is 35.9 Å². The highest BCUT2D eigenvalue weighted by Crippen LogP contribution is 2.37. The predicted octanol–water partition coefficient (Wildman–Crippen LogP) is 4.35. The summed E-state index contributed by atoms with van der Waals surface area (Å²) in [6.07, 6.45) is 0.714. The Balaban J connectivity index is 0.00000353. The molecule has 202 valence electrons. The molecule has 3 N–H and O–H groups in total. The van der Waals surface area contributed by atoms with Crippen LogP contribution in [0.4, 0.5) is 9.18 Å². The number of rotatable bonds is 5. The van der Waals surface area contributed by atoms with Gasteiger partial charge in [-0.3, -0.25) is 4.79 Å². The summed E-state index contributed by atoms with van der Waals surface area (Å²) in [4.78, 5) is 39.6. The highest BCUT2D eigenvalue weighted by molar-refractivity contribution is 6.03. The number of benzene rings is 2. The van der Waals surface area contributed by atoms with Gasteiger partial charge < -0.3 is 25.1 Å². The molecule has 1 saturated heterocycles. The molecule has 5 rings (SSSR count). The second-order valence-electron chi connectivity index (χ2n) is 9.19. The van der Waals surface area contributed by atoms with Crippen molar-refractivity contribution in [1.29, 1.82) is 0 Å². The second kappa shape index (κ2) is 11.7. The number of amides is 2. The van der Waals surface area contributed by atoms with Crippen molar-refractivity contribution in [2.24, 2.45) is 5.73 Å². The molecule has 39 heavy (non-hydrogen) atoms. The Morgan fingerprint density at radius 1 is 1.03 bits per heavy atom. The third-order valence-electron chi connectivity index (χ3n) is 6.88. The van der Waals surface area contributed by atoms with E-state index in [2.05, 4.69) is 10.1 Å². The zero-order chi connectivity index (χ0) is 26.8. The average Bonchev–Trinajstić information content (AvgIpc) is 3.24. The molecule has 0 unspecified atom stereocenters. The minimum atomic E-state index is -1.20. The van der Waals surface area contributed by atoms with Crippen LogP contribution in [0, 0.1) is 12.7 Å². The first kappa shape index (κ1) is 27.8. The third-order valence-corrected chi connectivity index (χ3v) is 6.88. The number of hydrogen-bond donors (Lipinski definition) is 2. The van der Waals surface area contributed by atoms with Gasteiger partial charge in [0.1, 0.15) is 11.5 Å². The quantitative estimate of drug-likeness (QED) is 0.284. The van der Waals surface area contributed by atoms with Crippen molar-refractivity contribution in [3.63, 3.8) is 0 Å². The minimum absolute atomic E-state index is 0. The van der Waals surface area contributed by atoms with Crippen molar-refractivity contribution < 1.29 is 23.5 Å². The number of piperazine rings is 1. The van der Waals surface area contributed by atoms with Gasteiger partial charge in [0, 0.05) is 44.4 Å². The summed E-state index contributed by atoms with van der Waals surface area (Å²) in [5.41, 5.74) is 9.73. The summed E-state index contributed by atoms with van der Waals surface area (Å²) in [7, 11) is 0. The third kappa shape index (κ3) is 5.50. The molecule has 1 aliphatic rings. The molecule has 4 aromatic rings. The highest BCUT2D eigenvalue weighted by Gasteiger charge is 2.29. The van der Waals surface area contributed by atoms with E-state index in [-0.39, 0.29) is 29.7 Å². The molecular formula is C29H28ClFN4O4. The lowest BCUT2D eigenvalue weighted by Crippen LogP contribution is -2.46. The van der Waals surface area contributed by atoms with Gasteiger partial charge in [-0.1, -0.05) is 42.5 Å². The zero-order valence-corrected chi connectivity index (χ0v) is 22.1. The van der Waals surface area contributed by atoms with E-state index < -0.39 is 12.1 Å². The number of primary amides is 1. The van der Waals surface area contributed by atoms with Crippen LogP contribution in [0.15, 0.2) is 66.9 Å². The fourth-order valence-electron chi connectivity index (χ4n) is 4.97. The van der Waals surface area contributed by atoms with Crippen LogP contribution in [0.1, 0.15) is 37.5 Å². The number of fused-ring (bicyclic) bond motifs is 1. The fourth-order valence-corrected chi connectivity index (χ4v) is 4.97. The smallest absolute Gasteiger partial charge is 0.373 e. The summed E-state index contributed by atoms with van der Waals surface area (Å²) in [6.45, 7) is 4.19. The number of pyridine rings is 1. The van der Waals surface area contributed by atoms with E-state index in [4.69, 9.17) is 5.73 Å². The Hall–Kier alpha value is -4.21. The molecule has 3 heterocycles. The first-order chi connectivity index (χ1) is 18.3. The van der Waals surface area contributed by atoms with Crippen LogP contribution in [0.5, 0.6) is 0 Å². The maximum absolute atomic E-state index is 14.5. The molecule has 0 radical (unpaired) electrons. The molecule has 0 atom stereocenters. The molecular weight excluding hydrogens is 523 g/mol. The van der Waals surface area contributed by atoms with Crippen LogP contribution < -0.4 is 11.1 Å². The number of carbonyl (C=O) groups is 3. The largest absolute Gasteiger partial charge is 0.412 e. The summed E-state index contributed by atoms with van der Waals surface area (Å²) in [6, 6.07) is 17.5. The molecule has 10 heteroatoms. The van der Waals surface area contributed by atoms with Gasteiger partial charge in [-0.25, -0.2) is 14.0 Å². The molecule has 2 aromatic carbocycles. The van der Waals surface area contributed by atoms with Crippen molar-refractivity contribution in [3.8, 4) is 11.1 Å². The molecule has 0 saturated carbocycles. The summed E-state index contributed by atoms with van der Waals surface area (Å²) in [5, 5.41) is 3.26. The molecule has 2 amide bonds. The van der Waals surface area contributed by atoms with E-state index in [9.17, 15) is 18.8 Å². The van der Waals surface area contributed by atoms with E-state index in [1.165, 1.54) is 12.1 Å². The standard InChI is InChI=1S/C29H27FN4O4.ClH/c1-18-20(8-5-9-23(18)30)16-22-25(19-6-3-2-4-7-19)24-17-21(28(36)38-29(31)37)10-13-34(24)26(22)27(35)33-14-11-32-12-15-33;/h2-10,13,17,32H,11-12,14-16H2,1H3,(H2,31,37);1H. The minimum Gasteiger partial charge on any atom is -0.373 e. The number of aromatic nitrogens is 1. The number of hydrogen-bond acceptors (Lipinski definition) is 5. The maximum Gasteiger partial charge on any atom is 0.412 e. The van der Waals surface area contributed by atoms with Crippen molar-refractivity contribution in [2.45, 2.75) is 13.3 Å². The molecule has 1 aliphatic heterocycles. The highest BCUT2D eigenvalue weighted by atomic mass is 35.5. The van der Waals surface area contributed by atoms with E-state index in [1.54, 1.807) is 34.6 Å². The van der Waals surface area contributed by atoms with Crippen molar-refractivity contribution in [3.05, 3.63) is 101 Å². The van der Waals surface area contributed by atoms with Gasteiger partial charge in [-0.05, 0) is 47.4 Å². The number of nitrogens with two attached hydrogens (primary N) is 1. The zero-order valence-electron chi connectivity index (χ0n) is 21.3. The normalized spacial score (nSPS) is 13.1. The SMILES string of the molecule is Cc1c(F)cccc1Cc1c(-c2ccccc2)c2cc(C(=O)OC(N)=O)ccn2c1C(=O)N1CCNCC1.Cl. The predicted molar refractivity (Wildman–Crippen MR) is 148 cm³/mol. The van der Waals surface area contributed by atoms with Crippen LogP contribution in [0.25, 0.3) is 16.6 Å². The topological polar surface area (TPSA) is 106 Å². The van der Waals surface area contributed by atoms with E-state index in [0.717, 1.165) is 16.7 Å². The Morgan fingerprint density at radius 3 is 2.44 bits per heavy atom. The van der Waals surface area contributed by atoms with E-state index in [0.29, 0.717) is 54.9 Å². The number of nitrogens with one attached hydrogen (secondary N) is 1. The van der Waals surface area contributed by atoms with Gasteiger partial charge in [0.2, 0.25) is 0 Å². The summed E-state index contributed by atoms with van der Waals surface area (Å²) >= 11 is 0. The Labute approximate surface area is 231 Å². The van der Waals surface area contributed by atoms with Crippen LogP contribution >= 0.6 is 12.4 Å². The molecule has 0 spiro atoms. The second-order valence-corrected chi connectivity index (χ2v) is 9.19. The summed E-state index contributed by atoms with van der Waals surface area (Å²) < 4.78 is 20.9.